The first-order valence-corrected chi connectivity index (χ1v) is 5.72. The molecule has 1 aromatic carbocycles. The number of fused-ring (bicyclic) bond motifs is 1. The van der Waals surface area contributed by atoms with Crippen molar-refractivity contribution in [2.45, 2.75) is 13.8 Å². The van der Waals surface area contributed by atoms with E-state index >= 15 is 0 Å². The fraction of sp³-hybridized carbons (Fsp3) is 0.222. The van der Waals surface area contributed by atoms with Crippen LogP contribution in [0.25, 0.3) is 9.40 Å². The van der Waals surface area contributed by atoms with Crippen LogP contribution in [0, 0.1) is 17.0 Å². The van der Waals surface area contributed by atoms with Crippen molar-refractivity contribution in [1.82, 2.24) is 0 Å². The summed E-state index contributed by atoms with van der Waals surface area (Å²) < 4.78 is 3.76. The lowest BCUT2D eigenvalue weighted by Crippen LogP contribution is -1.74. The molecule has 0 atom stereocenters. The van der Waals surface area contributed by atoms with Crippen LogP contribution >= 0.6 is 34.9 Å². The van der Waals surface area contributed by atoms with E-state index in [9.17, 15) is 0 Å². The Morgan fingerprint density at radius 3 is 1.83 bits per heavy atom. The van der Waals surface area contributed by atoms with Gasteiger partial charge in [-0.3, -0.25) is 0 Å². The first-order valence-electron chi connectivity index (χ1n) is 3.68. The van der Waals surface area contributed by atoms with E-state index in [1.807, 2.05) is 0 Å². The second kappa shape index (κ2) is 2.91. The van der Waals surface area contributed by atoms with Crippen LogP contribution in [0.2, 0.25) is 0 Å². The van der Waals surface area contributed by atoms with Crippen LogP contribution in [0.15, 0.2) is 12.1 Å². The van der Waals surface area contributed by atoms with Gasteiger partial charge in [0.05, 0.1) is 0 Å². The SMILES string of the molecule is Cc1ccc(C)c2sc(=S)sc12. The van der Waals surface area contributed by atoms with E-state index in [1.165, 1.54) is 20.5 Å². The van der Waals surface area contributed by atoms with Crippen LogP contribution in [-0.2, 0) is 0 Å². The van der Waals surface area contributed by atoms with Gasteiger partial charge in [0, 0.05) is 9.40 Å². The van der Waals surface area contributed by atoms with Gasteiger partial charge < -0.3 is 0 Å². The van der Waals surface area contributed by atoms with Gasteiger partial charge in [0.2, 0.25) is 0 Å². The van der Waals surface area contributed by atoms with Crippen LogP contribution in [0.3, 0.4) is 0 Å². The Balaban J connectivity index is 3.03. The maximum absolute atomic E-state index is 5.17. The summed E-state index contributed by atoms with van der Waals surface area (Å²) in [6, 6.07) is 4.32. The molecule has 0 spiro atoms. The molecule has 0 fully saturated rings. The average Bonchev–Trinajstić information content (AvgIpc) is 2.41. The van der Waals surface area contributed by atoms with E-state index in [-0.39, 0.29) is 0 Å². The lowest BCUT2D eigenvalue weighted by molar-refractivity contribution is 1.49. The van der Waals surface area contributed by atoms with E-state index in [1.54, 1.807) is 22.7 Å². The number of hydrogen-bond donors (Lipinski definition) is 0. The van der Waals surface area contributed by atoms with Gasteiger partial charge in [0.1, 0.15) is 3.14 Å². The predicted octanol–water partition coefficient (Wildman–Crippen LogP) is 4.31. The molecular weight excluding hydrogens is 204 g/mol. The smallest absolute Gasteiger partial charge is 0.112 e. The summed E-state index contributed by atoms with van der Waals surface area (Å²) in [4.78, 5) is 0. The molecule has 0 aliphatic rings. The quantitative estimate of drug-likeness (QED) is 0.586. The molecule has 12 heavy (non-hydrogen) atoms. The second-order valence-corrected chi connectivity index (χ2v) is 6.04. The molecule has 0 amide bonds. The fourth-order valence-corrected chi connectivity index (χ4v) is 3.92. The lowest BCUT2D eigenvalue weighted by atomic mass is 10.2. The van der Waals surface area contributed by atoms with E-state index in [0.29, 0.717) is 0 Å². The highest BCUT2D eigenvalue weighted by molar-refractivity contribution is 7.77. The zero-order valence-electron chi connectivity index (χ0n) is 6.88. The minimum Gasteiger partial charge on any atom is -0.112 e. The van der Waals surface area contributed by atoms with Crippen molar-refractivity contribution >= 4 is 44.3 Å². The zero-order valence-corrected chi connectivity index (χ0v) is 9.33. The van der Waals surface area contributed by atoms with Gasteiger partial charge in [-0.15, -0.1) is 22.7 Å². The summed E-state index contributed by atoms with van der Waals surface area (Å²) in [5.74, 6) is 0. The number of benzene rings is 1. The van der Waals surface area contributed by atoms with E-state index in [4.69, 9.17) is 12.2 Å². The molecule has 62 valence electrons. The highest BCUT2D eigenvalue weighted by atomic mass is 32.2. The van der Waals surface area contributed by atoms with Gasteiger partial charge in [-0.1, -0.05) is 24.4 Å². The molecule has 1 aromatic heterocycles. The van der Waals surface area contributed by atoms with Crippen molar-refractivity contribution in [3.8, 4) is 0 Å². The molecule has 0 N–H and O–H groups in total. The molecule has 0 radical (unpaired) electrons. The Kier molecular flexibility index (Phi) is 2.02. The van der Waals surface area contributed by atoms with Crippen molar-refractivity contribution in [2.24, 2.45) is 0 Å². The molecule has 2 aromatic rings. The maximum Gasteiger partial charge on any atom is 0.144 e. The molecule has 0 saturated carbocycles. The molecule has 1 heterocycles. The summed E-state index contributed by atoms with van der Waals surface area (Å²) in [6.45, 7) is 4.28. The minimum absolute atomic E-state index is 1.03. The highest BCUT2D eigenvalue weighted by Gasteiger charge is 2.03. The third-order valence-electron chi connectivity index (χ3n) is 1.88. The first kappa shape index (κ1) is 8.35. The average molecular weight is 212 g/mol. The Morgan fingerprint density at radius 2 is 1.42 bits per heavy atom. The van der Waals surface area contributed by atoms with Crippen molar-refractivity contribution in [3.05, 3.63) is 26.4 Å². The molecule has 0 saturated heterocycles. The largest absolute Gasteiger partial charge is 0.144 e. The third-order valence-corrected chi connectivity index (χ3v) is 4.80. The highest BCUT2D eigenvalue weighted by Crippen LogP contribution is 2.32. The van der Waals surface area contributed by atoms with Crippen LogP contribution in [0.1, 0.15) is 11.1 Å². The molecule has 3 heteroatoms. The topological polar surface area (TPSA) is 0 Å². The van der Waals surface area contributed by atoms with E-state index in [2.05, 4.69) is 26.0 Å². The Hall–Kier alpha value is -0.250. The zero-order chi connectivity index (χ0) is 8.72. The summed E-state index contributed by atoms with van der Waals surface area (Å²) in [5, 5.41) is 0. The maximum atomic E-state index is 5.17. The van der Waals surface area contributed by atoms with Crippen LogP contribution in [0.4, 0.5) is 0 Å². The van der Waals surface area contributed by atoms with E-state index < -0.39 is 0 Å². The Labute approximate surface area is 84.5 Å². The number of aryl methyl sites for hydroxylation is 2. The van der Waals surface area contributed by atoms with Gasteiger partial charge in [-0.2, -0.15) is 0 Å². The van der Waals surface area contributed by atoms with Crippen LogP contribution < -0.4 is 0 Å². The summed E-state index contributed by atoms with van der Waals surface area (Å²) in [7, 11) is 0. The van der Waals surface area contributed by atoms with Gasteiger partial charge in [-0.25, -0.2) is 0 Å². The fourth-order valence-electron chi connectivity index (χ4n) is 1.20. The van der Waals surface area contributed by atoms with Crippen molar-refractivity contribution in [3.63, 3.8) is 0 Å². The molecule has 0 nitrogen and oxygen atoms in total. The first-order chi connectivity index (χ1) is 5.68. The number of hydrogen-bond acceptors (Lipinski definition) is 3. The van der Waals surface area contributed by atoms with Gasteiger partial charge in [-0.05, 0) is 25.0 Å². The van der Waals surface area contributed by atoms with Crippen molar-refractivity contribution < 1.29 is 0 Å². The molecule has 0 unspecified atom stereocenters. The number of rotatable bonds is 0. The molecule has 0 aliphatic carbocycles. The molecule has 0 aliphatic heterocycles. The third kappa shape index (κ3) is 1.22. The second-order valence-electron chi connectivity index (χ2n) is 2.81. The van der Waals surface area contributed by atoms with Gasteiger partial charge >= 0.3 is 0 Å². The normalized spacial score (nSPS) is 10.8. The van der Waals surface area contributed by atoms with Crippen LogP contribution in [0.5, 0.6) is 0 Å². The predicted molar refractivity (Wildman–Crippen MR) is 60.0 cm³/mol. The molecular formula is C9H8S3. The van der Waals surface area contributed by atoms with Crippen molar-refractivity contribution in [2.75, 3.05) is 0 Å². The summed E-state index contributed by atoms with van der Waals surface area (Å²) in [6.07, 6.45) is 0. The van der Waals surface area contributed by atoms with E-state index in [0.717, 1.165) is 3.14 Å². The van der Waals surface area contributed by atoms with Crippen LogP contribution in [-0.4, -0.2) is 0 Å². The molecule has 0 bridgehead atoms. The standard InChI is InChI=1S/C9H8S3/c1-5-3-4-6(2)8-7(5)11-9(10)12-8/h3-4H,1-2H3. The Bertz CT molecular complexity index is 434. The minimum atomic E-state index is 1.03. The monoisotopic (exact) mass is 212 g/mol. The molecule has 2 rings (SSSR count). The summed E-state index contributed by atoms with van der Waals surface area (Å²) >= 11 is 8.62. The van der Waals surface area contributed by atoms with Crippen molar-refractivity contribution in [1.29, 1.82) is 0 Å². The van der Waals surface area contributed by atoms with Gasteiger partial charge in [0.25, 0.3) is 0 Å². The lowest BCUT2D eigenvalue weighted by Gasteiger charge is -1.96. The Morgan fingerprint density at radius 1 is 1.00 bits per heavy atom. The summed E-state index contributed by atoms with van der Waals surface area (Å²) in [5.41, 5.74) is 2.68. The van der Waals surface area contributed by atoms with Gasteiger partial charge in [0.15, 0.2) is 0 Å².